The first-order valence-electron chi connectivity index (χ1n) is 9.57. The Hall–Kier alpha value is -2.73. The maximum atomic E-state index is 4.52. The van der Waals surface area contributed by atoms with Crippen molar-refractivity contribution in [2.45, 2.75) is 39.3 Å². The Kier molecular flexibility index (Phi) is 5.16. The number of anilines is 1. The second-order valence-electron chi connectivity index (χ2n) is 7.18. The summed E-state index contributed by atoms with van der Waals surface area (Å²) in [5.41, 5.74) is 4.44. The van der Waals surface area contributed by atoms with Gasteiger partial charge in [-0.15, -0.1) is 0 Å². The highest BCUT2D eigenvalue weighted by Crippen LogP contribution is 2.21. The molecule has 1 aliphatic rings. The SMILES string of the molecule is Cc1cc(C)nc(CNC2CCN(c3ccc(-n4cccn4)cc3)CC2)n1. The Morgan fingerprint density at radius 1 is 1.00 bits per heavy atom. The van der Waals surface area contributed by atoms with Crippen LogP contribution in [0.2, 0.25) is 0 Å². The van der Waals surface area contributed by atoms with Crippen molar-refractivity contribution in [2.24, 2.45) is 0 Å². The Bertz CT molecular complexity index is 844. The maximum Gasteiger partial charge on any atom is 0.142 e. The van der Waals surface area contributed by atoms with Gasteiger partial charge in [-0.25, -0.2) is 14.6 Å². The van der Waals surface area contributed by atoms with Crippen LogP contribution in [0.15, 0.2) is 48.8 Å². The van der Waals surface area contributed by atoms with Crippen molar-refractivity contribution in [1.82, 2.24) is 25.1 Å². The lowest BCUT2D eigenvalue weighted by Gasteiger charge is -2.34. The Labute approximate surface area is 160 Å². The summed E-state index contributed by atoms with van der Waals surface area (Å²) in [7, 11) is 0. The highest BCUT2D eigenvalue weighted by atomic mass is 15.3. The van der Waals surface area contributed by atoms with Crippen molar-refractivity contribution in [3.05, 3.63) is 66.0 Å². The van der Waals surface area contributed by atoms with Crippen molar-refractivity contribution in [1.29, 1.82) is 0 Å². The molecule has 0 amide bonds. The van der Waals surface area contributed by atoms with Gasteiger partial charge in [0.05, 0.1) is 12.2 Å². The fourth-order valence-corrected chi connectivity index (χ4v) is 3.69. The molecule has 0 bridgehead atoms. The highest BCUT2D eigenvalue weighted by Gasteiger charge is 2.19. The van der Waals surface area contributed by atoms with Crippen molar-refractivity contribution in [3.8, 4) is 5.69 Å². The molecule has 140 valence electrons. The van der Waals surface area contributed by atoms with E-state index in [1.807, 2.05) is 36.9 Å². The van der Waals surface area contributed by atoms with Crippen LogP contribution in [-0.4, -0.2) is 38.9 Å². The highest BCUT2D eigenvalue weighted by molar-refractivity contribution is 5.51. The summed E-state index contributed by atoms with van der Waals surface area (Å²) in [6.45, 7) is 6.91. The van der Waals surface area contributed by atoms with Gasteiger partial charge >= 0.3 is 0 Å². The van der Waals surface area contributed by atoms with Crippen molar-refractivity contribution in [3.63, 3.8) is 0 Å². The first-order valence-corrected chi connectivity index (χ1v) is 9.57. The minimum atomic E-state index is 0.522. The number of benzene rings is 1. The van der Waals surface area contributed by atoms with E-state index in [0.29, 0.717) is 6.04 Å². The summed E-state index contributed by atoms with van der Waals surface area (Å²) in [4.78, 5) is 11.5. The third-order valence-electron chi connectivity index (χ3n) is 5.06. The molecule has 6 heteroatoms. The van der Waals surface area contributed by atoms with Gasteiger partial charge in [0.2, 0.25) is 0 Å². The second-order valence-corrected chi connectivity index (χ2v) is 7.18. The molecule has 0 atom stereocenters. The molecule has 1 saturated heterocycles. The molecule has 1 N–H and O–H groups in total. The second kappa shape index (κ2) is 7.88. The Balaban J connectivity index is 1.29. The van der Waals surface area contributed by atoms with Crippen molar-refractivity contribution in [2.75, 3.05) is 18.0 Å². The normalized spacial score (nSPS) is 15.3. The van der Waals surface area contributed by atoms with Crippen molar-refractivity contribution >= 4 is 5.69 Å². The van der Waals surface area contributed by atoms with Gasteiger partial charge < -0.3 is 10.2 Å². The van der Waals surface area contributed by atoms with E-state index in [1.165, 1.54) is 5.69 Å². The number of hydrogen-bond donors (Lipinski definition) is 1. The summed E-state index contributed by atoms with van der Waals surface area (Å²) >= 11 is 0. The molecular formula is C21H26N6. The zero-order valence-electron chi connectivity index (χ0n) is 16.0. The van der Waals surface area contributed by atoms with E-state index in [9.17, 15) is 0 Å². The quantitative estimate of drug-likeness (QED) is 0.756. The molecular weight excluding hydrogens is 336 g/mol. The predicted molar refractivity (Wildman–Crippen MR) is 107 cm³/mol. The predicted octanol–water partition coefficient (Wildman–Crippen LogP) is 3.04. The largest absolute Gasteiger partial charge is 0.371 e. The Morgan fingerprint density at radius 3 is 2.30 bits per heavy atom. The Morgan fingerprint density at radius 2 is 1.67 bits per heavy atom. The van der Waals surface area contributed by atoms with Gasteiger partial charge in [-0.1, -0.05) is 0 Å². The lowest BCUT2D eigenvalue weighted by molar-refractivity contribution is 0.409. The van der Waals surface area contributed by atoms with Crippen LogP contribution in [0.5, 0.6) is 0 Å². The summed E-state index contributed by atoms with van der Waals surface area (Å²) in [5, 5.41) is 7.91. The van der Waals surface area contributed by atoms with E-state index >= 15 is 0 Å². The average Bonchev–Trinajstić information content (AvgIpc) is 3.21. The van der Waals surface area contributed by atoms with Crippen LogP contribution in [0.1, 0.15) is 30.1 Å². The molecule has 4 rings (SSSR count). The van der Waals surface area contributed by atoms with Crippen LogP contribution in [-0.2, 0) is 6.54 Å². The average molecular weight is 362 g/mol. The van der Waals surface area contributed by atoms with Gasteiger partial charge in [-0.05, 0) is 63.1 Å². The van der Waals surface area contributed by atoms with Gasteiger partial charge in [0.1, 0.15) is 5.82 Å². The molecule has 3 heterocycles. The van der Waals surface area contributed by atoms with Crippen LogP contribution in [0, 0.1) is 13.8 Å². The van der Waals surface area contributed by atoms with Crippen LogP contribution in [0.3, 0.4) is 0 Å². The van der Waals surface area contributed by atoms with Crippen LogP contribution >= 0.6 is 0 Å². The first-order chi connectivity index (χ1) is 13.2. The maximum absolute atomic E-state index is 4.52. The fourth-order valence-electron chi connectivity index (χ4n) is 3.69. The number of hydrogen-bond acceptors (Lipinski definition) is 5. The topological polar surface area (TPSA) is 58.9 Å². The molecule has 1 aromatic carbocycles. The molecule has 0 aliphatic carbocycles. The molecule has 2 aromatic heterocycles. The number of nitrogens with zero attached hydrogens (tertiary/aromatic N) is 5. The number of nitrogens with one attached hydrogen (secondary N) is 1. The summed E-state index contributed by atoms with van der Waals surface area (Å²) in [6.07, 6.45) is 6.03. The molecule has 0 saturated carbocycles. The minimum absolute atomic E-state index is 0.522. The van der Waals surface area contributed by atoms with Crippen LogP contribution < -0.4 is 10.2 Å². The molecule has 1 fully saturated rings. The molecule has 27 heavy (non-hydrogen) atoms. The molecule has 0 spiro atoms. The van der Waals surface area contributed by atoms with Gasteiger partial charge in [0.15, 0.2) is 0 Å². The van der Waals surface area contributed by atoms with E-state index in [0.717, 1.165) is 55.4 Å². The monoisotopic (exact) mass is 362 g/mol. The smallest absolute Gasteiger partial charge is 0.142 e. The van der Waals surface area contributed by atoms with Crippen LogP contribution in [0.4, 0.5) is 5.69 Å². The van der Waals surface area contributed by atoms with E-state index in [-0.39, 0.29) is 0 Å². The summed E-state index contributed by atoms with van der Waals surface area (Å²) in [5.74, 6) is 0.893. The van der Waals surface area contributed by atoms with E-state index in [4.69, 9.17) is 0 Å². The molecule has 1 aliphatic heterocycles. The third kappa shape index (κ3) is 4.34. The zero-order chi connectivity index (χ0) is 18.6. The van der Waals surface area contributed by atoms with Gasteiger partial charge in [0.25, 0.3) is 0 Å². The first kappa shape index (κ1) is 17.7. The minimum Gasteiger partial charge on any atom is -0.371 e. The lowest BCUT2D eigenvalue weighted by atomic mass is 10.0. The number of aryl methyl sites for hydroxylation is 2. The fraction of sp³-hybridized carbons (Fsp3) is 0.381. The number of rotatable bonds is 5. The third-order valence-corrected chi connectivity index (χ3v) is 5.06. The van der Waals surface area contributed by atoms with E-state index in [2.05, 4.69) is 49.5 Å². The van der Waals surface area contributed by atoms with E-state index < -0.39 is 0 Å². The van der Waals surface area contributed by atoms with Gasteiger partial charge in [-0.3, -0.25) is 0 Å². The standard InChI is InChI=1S/C21H26N6/c1-16-14-17(2)25-21(24-16)15-22-18-8-12-26(13-9-18)19-4-6-20(7-5-19)27-11-3-10-23-27/h3-7,10-11,14,18,22H,8-9,12-13,15H2,1-2H3. The lowest BCUT2D eigenvalue weighted by Crippen LogP contribution is -2.42. The van der Waals surface area contributed by atoms with Crippen LogP contribution in [0.25, 0.3) is 5.69 Å². The summed E-state index contributed by atoms with van der Waals surface area (Å²) in [6, 6.07) is 13.1. The van der Waals surface area contributed by atoms with E-state index in [1.54, 1.807) is 6.20 Å². The van der Waals surface area contributed by atoms with Crippen molar-refractivity contribution < 1.29 is 0 Å². The molecule has 6 nitrogen and oxygen atoms in total. The number of piperidine rings is 1. The molecule has 3 aromatic rings. The molecule has 0 unspecified atom stereocenters. The van der Waals surface area contributed by atoms with Gasteiger partial charge in [-0.2, -0.15) is 5.10 Å². The number of aromatic nitrogens is 4. The zero-order valence-corrected chi connectivity index (χ0v) is 16.0. The van der Waals surface area contributed by atoms with Gasteiger partial charge in [0, 0.05) is 48.6 Å². The summed E-state index contributed by atoms with van der Waals surface area (Å²) < 4.78 is 1.88. The molecule has 0 radical (unpaired) electrons.